The van der Waals surface area contributed by atoms with E-state index >= 15 is 0 Å². The molecule has 6 amide bonds. The lowest BCUT2D eigenvalue weighted by molar-refractivity contribution is -0.145. The fourth-order valence-corrected chi connectivity index (χ4v) is 7.03. The van der Waals surface area contributed by atoms with Crippen LogP contribution in [0, 0.1) is 12.8 Å². The number of hydrogen-bond acceptors (Lipinski definition) is 9. The maximum absolute atomic E-state index is 14.4. The third-order valence-corrected chi connectivity index (χ3v) is 9.81. The van der Waals surface area contributed by atoms with Crippen LogP contribution in [-0.4, -0.2) is 107 Å². The van der Waals surface area contributed by atoms with Crippen molar-refractivity contribution in [3.63, 3.8) is 0 Å². The highest BCUT2D eigenvalue weighted by Gasteiger charge is 2.45. The number of benzene rings is 1. The van der Waals surface area contributed by atoms with Gasteiger partial charge in [0.05, 0.1) is 25.1 Å². The molecule has 0 radical (unpaired) electrons. The second kappa shape index (κ2) is 21.7. The summed E-state index contributed by atoms with van der Waals surface area (Å²) in [6.07, 6.45) is 5.39. The standard InChI is InChI=1S/C38H56N6O10/c1-4-6-16-28(35(39)50)41-31(46)20-40-37(52)34(49)27(11-5-2)42-36(51)29-19-26(54-22-32(47)48)21-44(29)38(53)33(25-14-8-7-9-15-25)43-30(45)18-24-13-10-12-23(3)17-24/h10,12-13,17,25-29,33H,4-9,11,14-16,18-22H2,1-3H3,(H2,39,50)(H,40,52)(H,41,46)(H,42,51)(H,43,45)(H,47,48). The van der Waals surface area contributed by atoms with E-state index < -0.39 is 84.7 Å². The first kappa shape index (κ1) is 43.5. The van der Waals surface area contributed by atoms with Crippen molar-refractivity contribution in [2.24, 2.45) is 11.7 Å². The van der Waals surface area contributed by atoms with Crippen LogP contribution in [0.5, 0.6) is 0 Å². The Morgan fingerprint density at radius 1 is 0.926 bits per heavy atom. The lowest BCUT2D eigenvalue weighted by Gasteiger charge is -2.35. The number of hydrogen-bond donors (Lipinski definition) is 6. The zero-order chi connectivity index (χ0) is 39.8. The van der Waals surface area contributed by atoms with E-state index in [1.807, 2.05) is 38.1 Å². The monoisotopic (exact) mass is 756 g/mol. The Labute approximate surface area is 316 Å². The highest BCUT2D eigenvalue weighted by Crippen LogP contribution is 2.30. The van der Waals surface area contributed by atoms with Crippen LogP contribution in [0.2, 0.25) is 0 Å². The van der Waals surface area contributed by atoms with Crippen LogP contribution in [0.3, 0.4) is 0 Å². The quantitative estimate of drug-likeness (QED) is 0.0964. The molecule has 1 aromatic rings. The van der Waals surface area contributed by atoms with Crippen LogP contribution in [0.4, 0.5) is 0 Å². The molecule has 1 heterocycles. The van der Waals surface area contributed by atoms with Gasteiger partial charge in [0, 0.05) is 13.0 Å². The number of Topliss-reactive ketones (excluding diaryl/α,β-unsaturated/α-hetero) is 1. The topological polar surface area (TPSA) is 243 Å². The molecular weight excluding hydrogens is 700 g/mol. The van der Waals surface area contributed by atoms with Crippen LogP contribution in [0.1, 0.15) is 95.6 Å². The fraction of sp³-hybridized carbons (Fsp3) is 0.632. The van der Waals surface area contributed by atoms with Gasteiger partial charge in [-0.25, -0.2) is 4.79 Å². The normalized spacial score (nSPS) is 18.8. The minimum atomic E-state index is -1.31. The van der Waals surface area contributed by atoms with Gasteiger partial charge in [-0.1, -0.05) is 82.2 Å². The van der Waals surface area contributed by atoms with Gasteiger partial charge in [-0.05, 0) is 44.1 Å². The molecule has 298 valence electrons. The molecule has 5 unspecified atom stereocenters. The zero-order valence-corrected chi connectivity index (χ0v) is 31.5. The van der Waals surface area contributed by atoms with E-state index in [0.29, 0.717) is 32.1 Å². The number of aryl methyl sites for hydroxylation is 1. The van der Waals surface area contributed by atoms with E-state index in [4.69, 9.17) is 10.5 Å². The molecule has 2 aliphatic rings. The maximum Gasteiger partial charge on any atom is 0.329 e. The van der Waals surface area contributed by atoms with Crippen molar-refractivity contribution in [3.05, 3.63) is 35.4 Å². The lowest BCUT2D eigenvalue weighted by atomic mass is 9.83. The summed E-state index contributed by atoms with van der Waals surface area (Å²) < 4.78 is 5.52. The predicted molar refractivity (Wildman–Crippen MR) is 196 cm³/mol. The Kier molecular flexibility index (Phi) is 17.5. The summed E-state index contributed by atoms with van der Waals surface area (Å²) in [5.74, 6) is -6.67. The van der Waals surface area contributed by atoms with Gasteiger partial charge in [-0.3, -0.25) is 33.6 Å². The van der Waals surface area contributed by atoms with Crippen LogP contribution in [-0.2, 0) is 49.5 Å². The highest BCUT2D eigenvalue weighted by atomic mass is 16.5. The first-order valence-corrected chi connectivity index (χ1v) is 18.9. The molecule has 16 heteroatoms. The number of carboxylic acid groups (broad SMARTS) is 1. The summed E-state index contributed by atoms with van der Waals surface area (Å²) in [6, 6.07) is 3.07. The minimum absolute atomic E-state index is 0.0432. The van der Waals surface area contributed by atoms with Crippen molar-refractivity contribution in [2.45, 2.75) is 128 Å². The molecule has 0 spiro atoms. The number of nitrogens with one attached hydrogen (secondary N) is 4. The molecule has 1 aromatic carbocycles. The number of nitrogens with two attached hydrogens (primary N) is 1. The first-order valence-electron chi connectivity index (χ1n) is 18.9. The fourth-order valence-electron chi connectivity index (χ4n) is 7.03. The van der Waals surface area contributed by atoms with Gasteiger partial charge in [-0.2, -0.15) is 0 Å². The average molecular weight is 757 g/mol. The third kappa shape index (κ3) is 13.5. The molecule has 7 N–H and O–H groups in total. The number of carbonyl (C=O) groups excluding carboxylic acids is 7. The van der Waals surface area contributed by atoms with Gasteiger partial charge < -0.3 is 41.7 Å². The number of nitrogens with zero attached hydrogens (tertiary/aromatic N) is 1. The Bertz CT molecular complexity index is 1510. The average Bonchev–Trinajstić information content (AvgIpc) is 3.58. The Morgan fingerprint density at radius 3 is 2.28 bits per heavy atom. The molecule has 16 nitrogen and oxygen atoms in total. The SMILES string of the molecule is CCCCC(NC(=O)CNC(=O)C(=O)C(CCC)NC(=O)C1CC(OCC(=O)O)CN1C(=O)C(NC(=O)Cc1cccc(C)c1)C1CCCCC1)C(N)=O. The Hall–Kier alpha value is -4.86. The van der Waals surface area contributed by atoms with Crippen molar-refractivity contribution in [1.82, 2.24) is 26.2 Å². The summed E-state index contributed by atoms with van der Waals surface area (Å²) in [6.45, 7) is 4.16. The van der Waals surface area contributed by atoms with E-state index in [9.17, 15) is 43.5 Å². The molecule has 1 saturated carbocycles. The van der Waals surface area contributed by atoms with E-state index in [0.717, 1.165) is 36.8 Å². The van der Waals surface area contributed by atoms with E-state index in [-0.39, 0.29) is 37.6 Å². The molecule has 1 saturated heterocycles. The smallest absolute Gasteiger partial charge is 0.329 e. The van der Waals surface area contributed by atoms with Crippen molar-refractivity contribution >= 4 is 47.2 Å². The molecule has 5 atom stereocenters. The maximum atomic E-state index is 14.4. The van der Waals surface area contributed by atoms with Crippen LogP contribution < -0.4 is 27.0 Å². The third-order valence-electron chi connectivity index (χ3n) is 9.81. The number of ether oxygens (including phenoxy) is 1. The summed E-state index contributed by atoms with van der Waals surface area (Å²) in [7, 11) is 0. The van der Waals surface area contributed by atoms with Crippen LogP contribution >= 0.6 is 0 Å². The van der Waals surface area contributed by atoms with Crippen LogP contribution in [0.25, 0.3) is 0 Å². The number of rotatable bonds is 21. The zero-order valence-electron chi connectivity index (χ0n) is 31.5. The van der Waals surface area contributed by atoms with Gasteiger partial charge in [0.25, 0.3) is 5.91 Å². The van der Waals surface area contributed by atoms with E-state index in [2.05, 4.69) is 21.3 Å². The minimum Gasteiger partial charge on any atom is -0.480 e. The number of carbonyl (C=O) groups is 8. The second-order valence-electron chi connectivity index (χ2n) is 14.2. The molecule has 1 aliphatic heterocycles. The molecule has 54 heavy (non-hydrogen) atoms. The van der Waals surface area contributed by atoms with Crippen molar-refractivity contribution in [1.29, 1.82) is 0 Å². The number of aliphatic carboxylic acids is 1. The number of ketones is 1. The van der Waals surface area contributed by atoms with Crippen molar-refractivity contribution in [2.75, 3.05) is 19.7 Å². The molecule has 0 bridgehead atoms. The molecule has 0 aromatic heterocycles. The number of unbranched alkanes of at least 4 members (excludes halogenated alkanes) is 1. The molecule has 3 rings (SSSR count). The molecule has 1 aliphatic carbocycles. The summed E-state index contributed by atoms with van der Waals surface area (Å²) in [5, 5.41) is 19.5. The van der Waals surface area contributed by atoms with Crippen molar-refractivity contribution in [3.8, 4) is 0 Å². The van der Waals surface area contributed by atoms with Gasteiger partial charge in [0.2, 0.25) is 35.3 Å². The number of likely N-dealkylation sites (tertiary alicyclic amines) is 1. The largest absolute Gasteiger partial charge is 0.480 e. The highest BCUT2D eigenvalue weighted by molar-refractivity contribution is 6.38. The number of carboxylic acids is 1. The van der Waals surface area contributed by atoms with E-state index in [1.54, 1.807) is 6.92 Å². The Morgan fingerprint density at radius 2 is 1.65 bits per heavy atom. The second-order valence-corrected chi connectivity index (χ2v) is 14.2. The Balaban J connectivity index is 1.77. The van der Waals surface area contributed by atoms with Gasteiger partial charge in [-0.15, -0.1) is 0 Å². The predicted octanol–water partition coefficient (Wildman–Crippen LogP) is 0.804. The lowest BCUT2D eigenvalue weighted by Crippen LogP contribution is -2.58. The van der Waals surface area contributed by atoms with Gasteiger partial charge in [0.15, 0.2) is 0 Å². The molecule has 2 fully saturated rings. The van der Waals surface area contributed by atoms with E-state index in [1.165, 1.54) is 4.90 Å². The van der Waals surface area contributed by atoms with Gasteiger partial charge in [0.1, 0.15) is 24.7 Å². The summed E-state index contributed by atoms with van der Waals surface area (Å²) >= 11 is 0. The van der Waals surface area contributed by atoms with Crippen molar-refractivity contribution < 1.29 is 48.2 Å². The molecular formula is C38H56N6O10. The van der Waals surface area contributed by atoms with Gasteiger partial charge >= 0.3 is 5.97 Å². The first-order chi connectivity index (χ1) is 25.7. The summed E-state index contributed by atoms with van der Waals surface area (Å²) in [5.41, 5.74) is 7.13. The summed E-state index contributed by atoms with van der Waals surface area (Å²) in [4.78, 5) is 105. The number of amides is 6. The number of primary amides is 1. The van der Waals surface area contributed by atoms with Crippen LogP contribution in [0.15, 0.2) is 24.3 Å².